The van der Waals surface area contributed by atoms with Crippen molar-refractivity contribution in [2.45, 2.75) is 49.7 Å². The van der Waals surface area contributed by atoms with Gasteiger partial charge in [-0.25, -0.2) is 9.89 Å². The van der Waals surface area contributed by atoms with Gasteiger partial charge in [-0.2, -0.15) is 4.98 Å². The van der Waals surface area contributed by atoms with Crippen LogP contribution in [0.3, 0.4) is 0 Å². The molecule has 0 saturated carbocycles. The van der Waals surface area contributed by atoms with Crippen LogP contribution in [-0.4, -0.2) is 37.6 Å². The van der Waals surface area contributed by atoms with Gasteiger partial charge in [0.05, 0.1) is 17.9 Å². The molecule has 2 aromatic rings. The lowest BCUT2D eigenvalue weighted by Crippen LogP contribution is -2.25. The third-order valence-electron chi connectivity index (χ3n) is 3.31. The molecule has 0 radical (unpaired) electrons. The number of ether oxygens (including phenoxy) is 1. The smallest absolute Gasteiger partial charge is 0.344 e. The zero-order valence-electron chi connectivity index (χ0n) is 11.9. The SMILES string of the molecule is Cc1noc(C(C)Sc2n[nH]c(=O)n2CC2CCCO2)n1. The Kier molecular flexibility index (Phi) is 4.11. The van der Waals surface area contributed by atoms with Gasteiger partial charge in [-0.3, -0.25) is 4.57 Å². The van der Waals surface area contributed by atoms with Gasteiger partial charge in [-0.1, -0.05) is 16.9 Å². The topological polar surface area (TPSA) is 98.8 Å². The number of aromatic nitrogens is 5. The molecule has 0 aliphatic carbocycles. The summed E-state index contributed by atoms with van der Waals surface area (Å²) in [6.07, 6.45) is 2.10. The second-order valence-electron chi connectivity index (χ2n) is 5.00. The molecular weight excluding hydrogens is 294 g/mol. The highest BCUT2D eigenvalue weighted by atomic mass is 32.2. The molecular formula is C12H17N5O3S. The number of thioether (sulfide) groups is 1. The third kappa shape index (κ3) is 3.18. The highest BCUT2D eigenvalue weighted by Crippen LogP contribution is 2.32. The molecule has 0 spiro atoms. The lowest BCUT2D eigenvalue weighted by Gasteiger charge is -2.12. The molecule has 1 N–H and O–H groups in total. The number of nitrogens with one attached hydrogen (secondary N) is 1. The van der Waals surface area contributed by atoms with Crippen LogP contribution in [0, 0.1) is 6.92 Å². The summed E-state index contributed by atoms with van der Waals surface area (Å²) in [4.78, 5) is 16.1. The van der Waals surface area contributed by atoms with E-state index in [9.17, 15) is 4.79 Å². The molecule has 1 aliphatic rings. The van der Waals surface area contributed by atoms with Gasteiger partial charge in [0, 0.05) is 6.61 Å². The number of rotatable bonds is 5. The molecule has 2 atom stereocenters. The molecule has 1 saturated heterocycles. The Morgan fingerprint density at radius 1 is 1.57 bits per heavy atom. The van der Waals surface area contributed by atoms with E-state index in [1.54, 1.807) is 11.5 Å². The average Bonchev–Trinajstić information content (AvgIpc) is 3.17. The number of hydrogen-bond donors (Lipinski definition) is 1. The van der Waals surface area contributed by atoms with Crippen LogP contribution in [0.5, 0.6) is 0 Å². The predicted molar refractivity (Wildman–Crippen MR) is 75.1 cm³/mol. The molecule has 2 unspecified atom stereocenters. The van der Waals surface area contributed by atoms with E-state index in [2.05, 4.69) is 20.3 Å². The van der Waals surface area contributed by atoms with Crippen LogP contribution >= 0.6 is 11.8 Å². The first-order chi connectivity index (χ1) is 10.1. The van der Waals surface area contributed by atoms with Crippen LogP contribution in [0.25, 0.3) is 0 Å². The van der Waals surface area contributed by atoms with E-state index in [4.69, 9.17) is 9.26 Å². The first-order valence-electron chi connectivity index (χ1n) is 6.87. The normalized spacial score (nSPS) is 20.0. The maximum Gasteiger partial charge on any atom is 0.344 e. The Hall–Kier alpha value is -1.61. The second kappa shape index (κ2) is 6.02. The van der Waals surface area contributed by atoms with E-state index in [-0.39, 0.29) is 17.0 Å². The van der Waals surface area contributed by atoms with Crippen molar-refractivity contribution in [3.8, 4) is 0 Å². The third-order valence-corrected chi connectivity index (χ3v) is 4.38. The quantitative estimate of drug-likeness (QED) is 0.831. The highest BCUT2D eigenvalue weighted by Gasteiger charge is 2.22. The predicted octanol–water partition coefficient (Wildman–Crippen LogP) is 1.30. The maximum absolute atomic E-state index is 11.9. The zero-order chi connectivity index (χ0) is 14.8. The maximum atomic E-state index is 11.9. The van der Waals surface area contributed by atoms with Crippen molar-refractivity contribution in [1.29, 1.82) is 0 Å². The summed E-state index contributed by atoms with van der Waals surface area (Å²) in [5.41, 5.74) is -0.220. The van der Waals surface area contributed by atoms with Gasteiger partial charge in [0.2, 0.25) is 5.89 Å². The van der Waals surface area contributed by atoms with Gasteiger partial charge in [-0.05, 0) is 26.7 Å². The van der Waals surface area contributed by atoms with Gasteiger partial charge in [0.25, 0.3) is 0 Å². The number of hydrogen-bond acceptors (Lipinski definition) is 7. The van der Waals surface area contributed by atoms with Crippen molar-refractivity contribution in [1.82, 2.24) is 24.9 Å². The Balaban J connectivity index is 1.74. The number of nitrogens with zero attached hydrogens (tertiary/aromatic N) is 4. The fraction of sp³-hybridized carbons (Fsp3) is 0.667. The van der Waals surface area contributed by atoms with E-state index in [1.807, 2.05) is 6.92 Å². The van der Waals surface area contributed by atoms with Gasteiger partial charge in [-0.15, -0.1) is 5.10 Å². The van der Waals surface area contributed by atoms with Crippen molar-refractivity contribution in [2.24, 2.45) is 0 Å². The highest BCUT2D eigenvalue weighted by molar-refractivity contribution is 7.99. The fourth-order valence-corrected chi connectivity index (χ4v) is 3.13. The lowest BCUT2D eigenvalue weighted by atomic mass is 10.2. The van der Waals surface area contributed by atoms with Crippen LogP contribution < -0.4 is 5.69 Å². The molecule has 0 bridgehead atoms. The molecule has 0 amide bonds. The van der Waals surface area contributed by atoms with Crippen LogP contribution in [0.4, 0.5) is 0 Å². The Morgan fingerprint density at radius 3 is 3.10 bits per heavy atom. The molecule has 1 fully saturated rings. The van der Waals surface area contributed by atoms with E-state index in [0.717, 1.165) is 19.4 Å². The largest absolute Gasteiger partial charge is 0.376 e. The molecule has 9 heteroatoms. The molecule has 0 aromatic carbocycles. The molecule has 2 aromatic heterocycles. The van der Waals surface area contributed by atoms with Crippen LogP contribution in [0.2, 0.25) is 0 Å². The zero-order valence-corrected chi connectivity index (χ0v) is 12.7. The monoisotopic (exact) mass is 311 g/mol. The standard InChI is InChI=1S/C12H17N5O3S/c1-7(10-13-8(2)16-20-10)21-12-15-14-11(18)17(12)6-9-4-3-5-19-9/h7,9H,3-6H2,1-2H3,(H,14,18). The second-order valence-corrected chi connectivity index (χ2v) is 6.30. The minimum absolute atomic E-state index is 0.0790. The summed E-state index contributed by atoms with van der Waals surface area (Å²) in [7, 11) is 0. The Labute approximate surface area is 125 Å². The summed E-state index contributed by atoms with van der Waals surface area (Å²) in [6, 6.07) is 0. The van der Waals surface area contributed by atoms with Crippen molar-refractivity contribution >= 4 is 11.8 Å². The fourth-order valence-electron chi connectivity index (χ4n) is 2.23. The van der Waals surface area contributed by atoms with E-state index >= 15 is 0 Å². The molecule has 3 rings (SSSR count). The van der Waals surface area contributed by atoms with Crippen molar-refractivity contribution in [2.75, 3.05) is 6.61 Å². The number of aromatic amines is 1. The van der Waals surface area contributed by atoms with Crippen LogP contribution in [-0.2, 0) is 11.3 Å². The van der Waals surface area contributed by atoms with E-state index in [1.165, 1.54) is 11.8 Å². The van der Waals surface area contributed by atoms with Gasteiger partial charge in [0.15, 0.2) is 11.0 Å². The summed E-state index contributed by atoms with van der Waals surface area (Å²) in [5, 5.41) is 10.9. The lowest BCUT2D eigenvalue weighted by molar-refractivity contribution is 0.0941. The summed E-state index contributed by atoms with van der Waals surface area (Å²) >= 11 is 1.41. The summed E-state index contributed by atoms with van der Waals surface area (Å²) < 4.78 is 12.3. The van der Waals surface area contributed by atoms with Crippen molar-refractivity contribution < 1.29 is 9.26 Å². The van der Waals surface area contributed by atoms with Gasteiger partial charge in [0.1, 0.15) is 0 Å². The van der Waals surface area contributed by atoms with Crippen LogP contribution in [0.1, 0.15) is 36.7 Å². The average molecular weight is 311 g/mol. The molecule has 21 heavy (non-hydrogen) atoms. The number of H-pyrrole nitrogens is 1. The van der Waals surface area contributed by atoms with Crippen molar-refractivity contribution in [3.05, 3.63) is 22.2 Å². The number of aryl methyl sites for hydroxylation is 1. The summed E-state index contributed by atoms with van der Waals surface area (Å²) in [6.45, 7) is 4.99. The Morgan fingerprint density at radius 2 is 2.43 bits per heavy atom. The minimum atomic E-state index is -0.220. The van der Waals surface area contributed by atoms with Crippen molar-refractivity contribution in [3.63, 3.8) is 0 Å². The first kappa shape index (κ1) is 14.3. The van der Waals surface area contributed by atoms with Gasteiger partial charge >= 0.3 is 5.69 Å². The molecule has 1 aliphatic heterocycles. The molecule has 8 nitrogen and oxygen atoms in total. The van der Waals surface area contributed by atoms with Gasteiger partial charge < -0.3 is 9.26 Å². The first-order valence-corrected chi connectivity index (χ1v) is 7.75. The van der Waals surface area contributed by atoms with Crippen LogP contribution in [0.15, 0.2) is 14.5 Å². The molecule has 114 valence electrons. The minimum Gasteiger partial charge on any atom is -0.376 e. The van der Waals surface area contributed by atoms with E-state index < -0.39 is 0 Å². The van der Waals surface area contributed by atoms with E-state index in [0.29, 0.717) is 23.4 Å². The summed E-state index contributed by atoms with van der Waals surface area (Å²) in [5.74, 6) is 1.12. The molecule has 3 heterocycles. The Bertz CT molecular complexity index is 658.